The van der Waals surface area contributed by atoms with Crippen LogP contribution in [0.1, 0.15) is 33.4 Å². The predicted octanol–water partition coefficient (Wildman–Crippen LogP) is 7.68. The summed E-state index contributed by atoms with van der Waals surface area (Å²) in [6.45, 7) is 1.83. The van der Waals surface area contributed by atoms with Crippen molar-refractivity contribution in [2.45, 2.75) is 18.5 Å². The highest BCUT2D eigenvalue weighted by Crippen LogP contribution is 2.56. The van der Waals surface area contributed by atoms with Crippen molar-refractivity contribution in [3.8, 4) is 11.1 Å². The fraction of sp³-hybridized carbons (Fsp3) is 0.118. The number of hydrogen-bond acceptors (Lipinski definition) is 1. The van der Waals surface area contributed by atoms with Crippen LogP contribution in [0, 0.1) is 0 Å². The lowest BCUT2D eigenvalue weighted by Crippen LogP contribution is -2.28. The molecular weight excluding hydrogens is 422 g/mol. The van der Waals surface area contributed by atoms with Crippen molar-refractivity contribution in [3.63, 3.8) is 0 Å². The minimum Gasteiger partial charge on any atom is -0.298 e. The Morgan fingerprint density at radius 3 is 1.66 bits per heavy atom. The highest BCUT2D eigenvalue weighted by Gasteiger charge is 2.45. The number of fused-ring (bicyclic) bond motifs is 3. The molecule has 0 bridgehead atoms. The molecule has 35 heavy (non-hydrogen) atoms. The van der Waals surface area contributed by atoms with Gasteiger partial charge in [0, 0.05) is 13.1 Å². The van der Waals surface area contributed by atoms with Gasteiger partial charge in [-0.05, 0) is 51.6 Å². The molecule has 1 heteroatoms. The Bertz CT molecular complexity index is 1400. The van der Waals surface area contributed by atoms with Gasteiger partial charge in [-0.25, -0.2) is 0 Å². The molecular formula is C34H29N. The van der Waals surface area contributed by atoms with Crippen LogP contribution in [-0.4, -0.2) is 11.9 Å². The van der Waals surface area contributed by atoms with E-state index in [1.165, 1.54) is 44.5 Å². The molecule has 0 amide bonds. The summed E-state index contributed by atoms with van der Waals surface area (Å²) in [5.41, 5.74) is 10.4. The fourth-order valence-electron chi connectivity index (χ4n) is 5.85. The Hall–Kier alpha value is -3.94. The van der Waals surface area contributed by atoms with E-state index in [2.05, 4.69) is 145 Å². The molecule has 5 aromatic rings. The molecule has 0 aliphatic heterocycles. The van der Waals surface area contributed by atoms with Gasteiger partial charge in [0.2, 0.25) is 0 Å². The standard InChI is InChI=1S/C34H29N/c1-35(24-26-13-5-2-6-14-26)25-27-21-22-31-30-19-11-12-20-32(30)34(33(31)23-27,28-15-7-3-8-16-28)29-17-9-4-10-18-29/h2-23H,24-25H2,1H3. The van der Waals surface area contributed by atoms with Crippen LogP contribution in [0.4, 0.5) is 0 Å². The van der Waals surface area contributed by atoms with Crippen molar-refractivity contribution < 1.29 is 0 Å². The average Bonchev–Trinajstić information content (AvgIpc) is 3.21. The lowest BCUT2D eigenvalue weighted by Gasteiger charge is -2.34. The van der Waals surface area contributed by atoms with E-state index in [1.54, 1.807) is 0 Å². The summed E-state index contributed by atoms with van der Waals surface area (Å²) in [6, 6.07) is 48.8. The molecule has 0 atom stereocenters. The summed E-state index contributed by atoms with van der Waals surface area (Å²) in [5, 5.41) is 0. The Balaban J connectivity index is 1.51. The molecule has 1 aliphatic rings. The molecule has 0 heterocycles. The van der Waals surface area contributed by atoms with Gasteiger partial charge in [0.1, 0.15) is 0 Å². The van der Waals surface area contributed by atoms with E-state index < -0.39 is 0 Å². The first-order chi connectivity index (χ1) is 17.3. The number of hydrogen-bond donors (Lipinski definition) is 0. The van der Waals surface area contributed by atoms with Gasteiger partial charge >= 0.3 is 0 Å². The maximum Gasteiger partial charge on any atom is 0.0713 e. The lowest BCUT2D eigenvalue weighted by atomic mass is 9.67. The molecule has 5 aromatic carbocycles. The first kappa shape index (κ1) is 21.6. The molecule has 0 unspecified atom stereocenters. The minimum atomic E-state index is -0.331. The molecule has 1 aliphatic carbocycles. The molecule has 170 valence electrons. The zero-order valence-electron chi connectivity index (χ0n) is 20.1. The van der Waals surface area contributed by atoms with Gasteiger partial charge in [-0.15, -0.1) is 0 Å². The Labute approximate surface area is 208 Å². The van der Waals surface area contributed by atoms with Crippen molar-refractivity contribution in [1.29, 1.82) is 0 Å². The maximum atomic E-state index is 2.46. The zero-order valence-corrected chi connectivity index (χ0v) is 20.1. The van der Waals surface area contributed by atoms with E-state index in [0.29, 0.717) is 0 Å². The van der Waals surface area contributed by atoms with Gasteiger partial charge in [0.05, 0.1) is 5.41 Å². The van der Waals surface area contributed by atoms with Crippen LogP contribution in [0.2, 0.25) is 0 Å². The monoisotopic (exact) mass is 451 g/mol. The van der Waals surface area contributed by atoms with Crippen molar-refractivity contribution in [2.24, 2.45) is 0 Å². The Morgan fingerprint density at radius 2 is 1.00 bits per heavy atom. The van der Waals surface area contributed by atoms with E-state index in [-0.39, 0.29) is 5.41 Å². The Kier molecular flexibility index (Phi) is 5.56. The molecule has 1 nitrogen and oxygen atoms in total. The van der Waals surface area contributed by atoms with Gasteiger partial charge in [-0.2, -0.15) is 0 Å². The van der Waals surface area contributed by atoms with Gasteiger partial charge in [0.15, 0.2) is 0 Å². The second-order valence-electron chi connectivity index (χ2n) is 9.57. The normalized spacial score (nSPS) is 13.4. The molecule has 6 rings (SSSR count). The third-order valence-corrected chi connectivity index (χ3v) is 7.27. The van der Waals surface area contributed by atoms with Crippen LogP contribution < -0.4 is 0 Å². The van der Waals surface area contributed by atoms with Crippen molar-refractivity contribution in [2.75, 3.05) is 7.05 Å². The van der Waals surface area contributed by atoms with Crippen LogP contribution in [-0.2, 0) is 18.5 Å². The van der Waals surface area contributed by atoms with Crippen LogP contribution in [0.25, 0.3) is 11.1 Å². The van der Waals surface area contributed by atoms with Crippen LogP contribution in [0.15, 0.2) is 133 Å². The second kappa shape index (κ2) is 9.02. The van der Waals surface area contributed by atoms with Gasteiger partial charge < -0.3 is 0 Å². The van der Waals surface area contributed by atoms with E-state index in [9.17, 15) is 0 Å². The zero-order chi connectivity index (χ0) is 23.7. The topological polar surface area (TPSA) is 3.24 Å². The molecule has 0 spiro atoms. The molecule has 0 aromatic heterocycles. The van der Waals surface area contributed by atoms with Crippen molar-refractivity contribution in [1.82, 2.24) is 4.90 Å². The minimum absolute atomic E-state index is 0.331. The summed E-state index contributed by atoms with van der Waals surface area (Å²) < 4.78 is 0. The summed E-state index contributed by atoms with van der Waals surface area (Å²) in [5.74, 6) is 0. The van der Waals surface area contributed by atoms with Crippen LogP contribution in [0.3, 0.4) is 0 Å². The van der Waals surface area contributed by atoms with E-state index >= 15 is 0 Å². The maximum absolute atomic E-state index is 2.46. The Morgan fingerprint density at radius 1 is 0.486 bits per heavy atom. The van der Waals surface area contributed by atoms with E-state index in [1.807, 2.05) is 0 Å². The third-order valence-electron chi connectivity index (χ3n) is 7.27. The predicted molar refractivity (Wildman–Crippen MR) is 145 cm³/mol. The molecule has 0 saturated carbocycles. The smallest absolute Gasteiger partial charge is 0.0713 e. The first-order valence-electron chi connectivity index (χ1n) is 12.3. The van der Waals surface area contributed by atoms with Gasteiger partial charge in [0.25, 0.3) is 0 Å². The number of rotatable bonds is 6. The lowest BCUT2D eigenvalue weighted by molar-refractivity contribution is 0.319. The molecule has 0 radical (unpaired) electrons. The molecule has 0 saturated heterocycles. The average molecular weight is 452 g/mol. The summed E-state index contributed by atoms with van der Waals surface area (Å²) in [6.07, 6.45) is 0. The van der Waals surface area contributed by atoms with Crippen LogP contribution in [0.5, 0.6) is 0 Å². The number of nitrogens with zero attached hydrogens (tertiary/aromatic N) is 1. The summed E-state index contributed by atoms with van der Waals surface area (Å²) >= 11 is 0. The SMILES string of the molecule is CN(Cc1ccccc1)Cc1ccc2c(c1)C(c1ccccc1)(c1ccccc1)c1ccccc1-2. The van der Waals surface area contributed by atoms with Crippen molar-refractivity contribution in [3.05, 3.63) is 167 Å². The van der Waals surface area contributed by atoms with Gasteiger partial charge in [-0.1, -0.05) is 133 Å². The van der Waals surface area contributed by atoms with Crippen molar-refractivity contribution >= 4 is 0 Å². The molecule has 0 fully saturated rings. The first-order valence-corrected chi connectivity index (χ1v) is 12.3. The highest BCUT2D eigenvalue weighted by molar-refractivity contribution is 5.86. The fourth-order valence-corrected chi connectivity index (χ4v) is 5.85. The quantitative estimate of drug-likeness (QED) is 0.251. The summed E-state index contributed by atoms with van der Waals surface area (Å²) in [7, 11) is 2.20. The largest absolute Gasteiger partial charge is 0.298 e. The van der Waals surface area contributed by atoms with E-state index in [4.69, 9.17) is 0 Å². The third kappa shape index (κ3) is 3.69. The molecule has 0 N–H and O–H groups in total. The van der Waals surface area contributed by atoms with Gasteiger partial charge in [-0.3, -0.25) is 4.90 Å². The van der Waals surface area contributed by atoms with E-state index in [0.717, 1.165) is 13.1 Å². The number of benzene rings is 5. The highest BCUT2D eigenvalue weighted by atomic mass is 15.1. The van der Waals surface area contributed by atoms with Crippen LogP contribution >= 0.6 is 0 Å². The second-order valence-corrected chi connectivity index (χ2v) is 9.57. The summed E-state index contributed by atoms with van der Waals surface area (Å²) in [4.78, 5) is 2.39.